The number of ketones is 1. The van der Waals surface area contributed by atoms with Gasteiger partial charge in [-0.3, -0.25) is 4.79 Å². The summed E-state index contributed by atoms with van der Waals surface area (Å²) in [4.78, 5) is 24.2. The van der Waals surface area contributed by atoms with Gasteiger partial charge in [0.2, 0.25) is 5.78 Å². The SMILES string of the molecule is CC(C)(C)OC(=O)COc1ccc2c(c1)O/C(=C\c1c(F)cccc1Cl)C2=O. The molecule has 146 valence electrons. The molecule has 1 aliphatic rings. The Hall–Kier alpha value is -2.86. The van der Waals surface area contributed by atoms with E-state index < -0.39 is 23.2 Å². The molecule has 0 aromatic heterocycles. The second-order valence-electron chi connectivity index (χ2n) is 7.11. The molecule has 28 heavy (non-hydrogen) atoms. The third-order valence-electron chi connectivity index (χ3n) is 3.69. The molecule has 0 fully saturated rings. The molecule has 0 N–H and O–H groups in total. The third kappa shape index (κ3) is 4.51. The summed E-state index contributed by atoms with van der Waals surface area (Å²) >= 11 is 5.99. The van der Waals surface area contributed by atoms with Crippen molar-refractivity contribution in [3.63, 3.8) is 0 Å². The van der Waals surface area contributed by atoms with Gasteiger partial charge in [-0.1, -0.05) is 17.7 Å². The van der Waals surface area contributed by atoms with Crippen LogP contribution in [0, 0.1) is 5.82 Å². The van der Waals surface area contributed by atoms with Crippen molar-refractivity contribution in [2.75, 3.05) is 6.61 Å². The fraction of sp³-hybridized carbons (Fsp3) is 0.238. The Balaban J connectivity index is 1.76. The number of carbonyl (C=O) groups is 2. The molecule has 0 spiro atoms. The average molecular weight is 405 g/mol. The van der Waals surface area contributed by atoms with Gasteiger partial charge in [0.25, 0.3) is 0 Å². The number of Topliss-reactive ketones (excluding diaryl/α,β-unsaturated/α-hetero) is 1. The van der Waals surface area contributed by atoms with Crippen LogP contribution in [0.5, 0.6) is 11.5 Å². The van der Waals surface area contributed by atoms with Crippen molar-refractivity contribution in [3.8, 4) is 11.5 Å². The molecule has 0 aliphatic carbocycles. The highest BCUT2D eigenvalue weighted by Gasteiger charge is 2.28. The lowest BCUT2D eigenvalue weighted by Gasteiger charge is -2.19. The van der Waals surface area contributed by atoms with Crippen molar-refractivity contribution in [2.45, 2.75) is 26.4 Å². The first kappa shape index (κ1) is 19.9. The van der Waals surface area contributed by atoms with Crippen molar-refractivity contribution >= 4 is 29.4 Å². The molecule has 2 aromatic rings. The van der Waals surface area contributed by atoms with E-state index >= 15 is 0 Å². The lowest BCUT2D eigenvalue weighted by Crippen LogP contribution is -2.27. The summed E-state index contributed by atoms with van der Waals surface area (Å²) in [6.45, 7) is 5.00. The largest absolute Gasteiger partial charge is 0.482 e. The van der Waals surface area contributed by atoms with E-state index in [4.69, 9.17) is 25.8 Å². The maximum atomic E-state index is 14.0. The van der Waals surface area contributed by atoms with E-state index in [9.17, 15) is 14.0 Å². The Bertz CT molecular complexity index is 955. The van der Waals surface area contributed by atoms with Crippen LogP contribution >= 0.6 is 11.6 Å². The zero-order valence-electron chi connectivity index (χ0n) is 15.5. The average Bonchev–Trinajstić information content (AvgIpc) is 2.90. The van der Waals surface area contributed by atoms with Gasteiger partial charge in [-0.05, 0) is 51.1 Å². The number of ether oxygens (including phenoxy) is 3. The zero-order chi connectivity index (χ0) is 20.5. The molecule has 5 nitrogen and oxygen atoms in total. The zero-order valence-corrected chi connectivity index (χ0v) is 16.3. The summed E-state index contributed by atoms with van der Waals surface area (Å²) in [6, 6.07) is 8.79. The summed E-state index contributed by atoms with van der Waals surface area (Å²) in [5, 5.41) is 0.168. The molecular weight excluding hydrogens is 387 g/mol. The summed E-state index contributed by atoms with van der Waals surface area (Å²) in [5.74, 6) is -0.930. The van der Waals surface area contributed by atoms with Crippen LogP contribution in [0.3, 0.4) is 0 Å². The standard InChI is InChI=1S/C21H18ClFO5/c1-21(2,3)28-19(24)11-26-12-7-8-13-17(9-12)27-18(20(13)25)10-14-15(22)5-4-6-16(14)23/h4-10H,11H2,1-3H3/b18-10-. The van der Waals surface area contributed by atoms with Gasteiger partial charge in [-0.25, -0.2) is 9.18 Å². The summed E-state index contributed by atoms with van der Waals surface area (Å²) < 4.78 is 30.1. The quantitative estimate of drug-likeness (QED) is 0.540. The first-order valence-electron chi connectivity index (χ1n) is 8.51. The Morgan fingerprint density at radius 2 is 2.00 bits per heavy atom. The number of rotatable bonds is 4. The molecule has 0 saturated carbocycles. The number of fused-ring (bicyclic) bond motifs is 1. The van der Waals surface area contributed by atoms with Crippen molar-refractivity contribution in [1.82, 2.24) is 0 Å². The number of halogens is 2. The van der Waals surface area contributed by atoms with Gasteiger partial charge in [0.1, 0.15) is 22.9 Å². The number of benzene rings is 2. The highest BCUT2D eigenvalue weighted by atomic mass is 35.5. The number of hydrogen-bond acceptors (Lipinski definition) is 5. The monoisotopic (exact) mass is 404 g/mol. The number of hydrogen-bond donors (Lipinski definition) is 0. The van der Waals surface area contributed by atoms with E-state index in [0.717, 1.165) is 0 Å². The summed E-state index contributed by atoms with van der Waals surface area (Å²) in [7, 11) is 0. The molecule has 0 atom stereocenters. The van der Waals surface area contributed by atoms with Gasteiger partial charge in [0.05, 0.1) is 10.6 Å². The van der Waals surface area contributed by atoms with E-state index in [1.165, 1.54) is 36.4 Å². The van der Waals surface area contributed by atoms with E-state index in [0.29, 0.717) is 11.3 Å². The van der Waals surface area contributed by atoms with Crippen LogP contribution in [0.25, 0.3) is 6.08 Å². The number of carbonyl (C=O) groups excluding carboxylic acids is 2. The highest BCUT2D eigenvalue weighted by molar-refractivity contribution is 6.32. The van der Waals surface area contributed by atoms with Crippen molar-refractivity contribution in [3.05, 3.63) is 64.1 Å². The van der Waals surface area contributed by atoms with Gasteiger partial charge in [0, 0.05) is 11.6 Å². The van der Waals surface area contributed by atoms with Crippen molar-refractivity contribution in [2.24, 2.45) is 0 Å². The van der Waals surface area contributed by atoms with Gasteiger partial charge >= 0.3 is 5.97 Å². The fourth-order valence-corrected chi connectivity index (χ4v) is 2.77. The Kier molecular flexibility index (Phi) is 5.42. The number of allylic oxidation sites excluding steroid dienone is 1. The second-order valence-corrected chi connectivity index (χ2v) is 7.52. The summed E-state index contributed by atoms with van der Waals surface area (Å²) in [5.41, 5.74) is -0.230. The van der Waals surface area contributed by atoms with E-state index in [1.54, 1.807) is 26.8 Å². The smallest absolute Gasteiger partial charge is 0.344 e. The van der Waals surface area contributed by atoms with E-state index in [1.807, 2.05) is 0 Å². The molecule has 1 heterocycles. The Labute approximate surface area is 166 Å². The topological polar surface area (TPSA) is 61.8 Å². The van der Waals surface area contributed by atoms with Crippen molar-refractivity contribution in [1.29, 1.82) is 0 Å². The normalized spacial score (nSPS) is 14.6. The van der Waals surface area contributed by atoms with Gasteiger partial charge in [-0.2, -0.15) is 0 Å². The summed E-state index contributed by atoms with van der Waals surface area (Å²) in [6.07, 6.45) is 1.27. The minimum atomic E-state index is -0.610. The predicted octanol–water partition coefficient (Wildman–Crippen LogP) is 4.82. The maximum Gasteiger partial charge on any atom is 0.344 e. The molecule has 3 rings (SSSR count). The fourth-order valence-electron chi connectivity index (χ4n) is 2.55. The molecule has 2 aromatic carbocycles. The van der Waals surface area contributed by atoms with Crippen LogP contribution < -0.4 is 9.47 Å². The molecule has 0 amide bonds. The maximum absolute atomic E-state index is 14.0. The molecule has 0 radical (unpaired) electrons. The predicted molar refractivity (Wildman–Crippen MR) is 102 cm³/mol. The van der Waals surface area contributed by atoms with Crippen LogP contribution in [0.15, 0.2) is 42.2 Å². The molecule has 1 aliphatic heterocycles. The first-order valence-corrected chi connectivity index (χ1v) is 8.89. The minimum Gasteiger partial charge on any atom is -0.482 e. The number of esters is 1. The molecular formula is C21H18ClFO5. The van der Waals surface area contributed by atoms with Crippen LogP contribution in [0.4, 0.5) is 4.39 Å². The molecule has 0 bridgehead atoms. The van der Waals surface area contributed by atoms with Gasteiger partial charge in [0.15, 0.2) is 12.4 Å². The Morgan fingerprint density at radius 1 is 1.25 bits per heavy atom. The lowest BCUT2D eigenvalue weighted by molar-refractivity contribution is -0.157. The van der Waals surface area contributed by atoms with Crippen LogP contribution in [-0.4, -0.2) is 24.0 Å². The molecule has 0 unspecified atom stereocenters. The first-order chi connectivity index (χ1) is 13.1. The van der Waals surface area contributed by atoms with Crippen LogP contribution in [0.2, 0.25) is 5.02 Å². The van der Waals surface area contributed by atoms with Crippen LogP contribution in [0.1, 0.15) is 36.7 Å². The van der Waals surface area contributed by atoms with E-state index in [-0.39, 0.29) is 28.7 Å². The van der Waals surface area contributed by atoms with E-state index in [2.05, 4.69) is 0 Å². The Morgan fingerprint density at radius 3 is 2.68 bits per heavy atom. The lowest BCUT2D eigenvalue weighted by atomic mass is 10.1. The van der Waals surface area contributed by atoms with Crippen LogP contribution in [-0.2, 0) is 9.53 Å². The third-order valence-corrected chi connectivity index (χ3v) is 4.02. The molecule has 7 heteroatoms. The van der Waals surface area contributed by atoms with Crippen molar-refractivity contribution < 1.29 is 28.2 Å². The van der Waals surface area contributed by atoms with Gasteiger partial charge in [-0.15, -0.1) is 0 Å². The molecule has 0 saturated heterocycles. The highest BCUT2D eigenvalue weighted by Crippen LogP contribution is 2.35. The minimum absolute atomic E-state index is 0.0497. The second kappa shape index (κ2) is 7.64. The van der Waals surface area contributed by atoms with Gasteiger partial charge < -0.3 is 14.2 Å².